The normalized spacial score (nSPS) is 12.0. The van der Waals surface area contributed by atoms with E-state index < -0.39 is 0 Å². The van der Waals surface area contributed by atoms with Gasteiger partial charge in [-0.1, -0.05) is 60.7 Å². The maximum atomic E-state index is 2.47. The van der Waals surface area contributed by atoms with E-state index in [1.54, 1.807) is 0 Å². The standard InChI is InChI=1S/C20H25N/c1-16(2)21(17(3)4)20(19-13-9-6-10-14-19)15-18-11-7-5-8-12-18/h5-17H,1-4H3. The summed E-state index contributed by atoms with van der Waals surface area (Å²) in [6, 6.07) is 22.1. The summed E-state index contributed by atoms with van der Waals surface area (Å²) in [5.41, 5.74) is 3.79. The average Bonchev–Trinajstić information content (AvgIpc) is 2.48. The quantitative estimate of drug-likeness (QED) is 0.671. The zero-order valence-corrected chi connectivity index (χ0v) is 13.5. The van der Waals surface area contributed by atoms with Crippen LogP contribution >= 0.6 is 0 Å². The molecule has 0 aliphatic rings. The molecule has 0 heterocycles. The average molecular weight is 279 g/mol. The second kappa shape index (κ2) is 7.12. The van der Waals surface area contributed by atoms with Gasteiger partial charge in [-0.2, -0.15) is 0 Å². The van der Waals surface area contributed by atoms with Gasteiger partial charge < -0.3 is 4.90 Å². The number of hydrogen-bond donors (Lipinski definition) is 0. The van der Waals surface area contributed by atoms with Gasteiger partial charge in [-0.15, -0.1) is 0 Å². The summed E-state index contributed by atoms with van der Waals surface area (Å²) in [6.45, 7) is 9.01. The SMILES string of the molecule is CC(C)N(C(=Cc1ccccc1)c1ccccc1)C(C)C. The molecule has 0 N–H and O–H groups in total. The van der Waals surface area contributed by atoms with Crippen molar-refractivity contribution < 1.29 is 0 Å². The van der Waals surface area contributed by atoms with Gasteiger partial charge >= 0.3 is 0 Å². The predicted octanol–water partition coefficient (Wildman–Crippen LogP) is 5.30. The highest BCUT2D eigenvalue weighted by Gasteiger charge is 2.18. The highest BCUT2D eigenvalue weighted by atomic mass is 15.2. The molecule has 110 valence electrons. The highest BCUT2D eigenvalue weighted by molar-refractivity contribution is 5.80. The molecule has 0 unspecified atom stereocenters. The van der Waals surface area contributed by atoms with Crippen molar-refractivity contribution in [1.82, 2.24) is 4.90 Å². The second-order valence-electron chi connectivity index (χ2n) is 5.90. The van der Waals surface area contributed by atoms with Gasteiger partial charge in [-0.3, -0.25) is 0 Å². The lowest BCUT2D eigenvalue weighted by atomic mass is 10.0. The summed E-state index contributed by atoms with van der Waals surface area (Å²) in [6.07, 6.45) is 2.29. The molecule has 0 aliphatic carbocycles. The number of benzene rings is 2. The molecule has 2 aromatic rings. The third-order valence-corrected chi connectivity index (χ3v) is 3.56. The Morgan fingerprint density at radius 1 is 0.762 bits per heavy atom. The Labute approximate surface area is 128 Å². The van der Waals surface area contributed by atoms with E-state index in [1.807, 2.05) is 0 Å². The van der Waals surface area contributed by atoms with E-state index in [9.17, 15) is 0 Å². The van der Waals surface area contributed by atoms with E-state index in [1.165, 1.54) is 16.8 Å². The monoisotopic (exact) mass is 279 g/mol. The Bertz CT molecular complexity index is 559. The fourth-order valence-corrected chi connectivity index (χ4v) is 2.78. The van der Waals surface area contributed by atoms with Gasteiger partial charge in [0.25, 0.3) is 0 Å². The number of rotatable bonds is 5. The van der Waals surface area contributed by atoms with Crippen LogP contribution in [-0.2, 0) is 0 Å². The third kappa shape index (κ3) is 3.98. The largest absolute Gasteiger partial charge is 0.366 e. The van der Waals surface area contributed by atoms with Gasteiger partial charge in [-0.25, -0.2) is 0 Å². The van der Waals surface area contributed by atoms with Crippen LogP contribution in [0.25, 0.3) is 11.8 Å². The molecule has 0 amide bonds. The Hall–Kier alpha value is -2.02. The number of hydrogen-bond acceptors (Lipinski definition) is 1. The molecule has 0 saturated heterocycles. The molecule has 0 fully saturated rings. The molecule has 0 spiro atoms. The van der Waals surface area contributed by atoms with E-state index >= 15 is 0 Å². The van der Waals surface area contributed by atoms with Crippen LogP contribution in [0.3, 0.4) is 0 Å². The van der Waals surface area contributed by atoms with Gasteiger partial charge in [0, 0.05) is 17.8 Å². The smallest absolute Gasteiger partial charge is 0.0450 e. The van der Waals surface area contributed by atoms with Crippen LogP contribution in [0.2, 0.25) is 0 Å². The molecule has 0 aromatic heterocycles. The lowest BCUT2D eigenvalue weighted by Crippen LogP contribution is -2.35. The van der Waals surface area contributed by atoms with Crippen molar-refractivity contribution in [3.05, 3.63) is 71.8 Å². The van der Waals surface area contributed by atoms with Gasteiger partial charge in [0.2, 0.25) is 0 Å². The van der Waals surface area contributed by atoms with E-state index in [0.29, 0.717) is 12.1 Å². The first-order chi connectivity index (χ1) is 10.1. The zero-order valence-electron chi connectivity index (χ0n) is 13.5. The van der Waals surface area contributed by atoms with Crippen molar-refractivity contribution in [2.45, 2.75) is 39.8 Å². The number of nitrogens with zero attached hydrogens (tertiary/aromatic N) is 1. The molecular formula is C20H25N. The van der Waals surface area contributed by atoms with Gasteiger partial charge in [0.15, 0.2) is 0 Å². The Kier molecular flexibility index (Phi) is 5.21. The maximum absolute atomic E-state index is 2.47. The fourth-order valence-electron chi connectivity index (χ4n) is 2.78. The molecule has 2 aromatic carbocycles. The Balaban J connectivity index is 2.52. The predicted molar refractivity (Wildman–Crippen MR) is 92.9 cm³/mol. The molecule has 0 aliphatic heterocycles. The topological polar surface area (TPSA) is 3.24 Å². The van der Waals surface area contributed by atoms with E-state index in [4.69, 9.17) is 0 Å². The molecule has 0 bridgehead atoms. The summed E-state index contributed by atoms with van der Waals surface area (Å²) in [4.78, 5) is 2.47. The van der Waals surface area contributed by atoms with Crippen LogP contribution in [0.15, 0.2) is 60.7 Å². The highest BCUT2D eigenvalue weighted by Crippen LogP contribution is 2.26. The lowest BCUT2D eigenvalue weighted by Gasteiger charge is -2.35. The second-order valence-corrected chi connectivity index (χ2v) is 5.90. The van der Waals surface area contributed by atoms with E-state index in [0.717, 1.165) is 0 Å². The van der Waals surface area contributed by atoms with Crippen molar-refractivity contribution in [3.8, 4) is 0 Å². The lowest BCUT2D eigenvalue weighted by molar-refractivity contribution is 0.275. The van der Waals surface area contributed by atoms with Gasteiger partial charge in [-0.05, 0) is 44.9 Å². The molecule has 0 radical (unpaired) electrons. The summed E-state index contributed by atoms with van der Waals surface area (Å²) in [5, 5.41) is 0. The summed E-state index contributed by atoms with van der Waals surface area (Å²) < 4.78 is 0. The molecule has 2 rings (SSSR count). The molecule has 21 heavy (non-hydrogen) atoms. The van der Waals surface area contributed by atoms with Crippen LogP contribution < -0.4 is 0 Å². The van der Waals surface area contributed by atoms with Crippen LogP contribution in [0.5, 0.6) is 0 Å². The van der Waals surface area contributed by atoms with Crippen molar-refractivity contribution in [2.24, 2.45) is 0 Å². The fraction of sp³-hybridized carbons (Fsp3) is 0.300. The minimum absolute atomic E-state index is 0.458. The van der Waals surface area contributed by atoms with Crippen LogP contribution in [-0.4, -0.2) is 17.0 Å². The minimum Gasteiger partial charge on any atom is -0.366 e. The van der Waals surface area contributed by atoms with Crippen molar-refractivity contribution in [1.29, 1.82) is 0 Å². The van der Waals surface area contributed by atoms with Crippen molar-refractivity contribution in [3.63, 3.8) is 0 Å². The minimum atomic E-state index is 0.458. The molecule has 1 nitrogen and oxygen atoms in total. The summed E-state index contributed by atoms with van der Waals surface area (Å²) >= 11 is 0. The van der Waals surface area contributed by atoms with Crippen molar-refractivity contribution in [2.75, 3.05) is 0 Å². The first kappa shape index (κ1) is 15.4. The molecular weight excluding hydrogens is 254 g/mol. The summed E-state index contributed by atoms with van der Waals surface area (Å²) in [7, 11) is 0. The van der Waals surface area contributed by atoms with Crippen LogP contribution in [0, 0.1) is 0 Å². The van der Waals surface area contributed by atoms with Gasteiger partial charge in [0.1, 0.15) is 0 Å². The van der Waals surface area contributed by atoms with Crippen molar-refractivity contribution >= 4 is 11.8 Å². The van der Waals surface area contributed by atoms with E-state index in [-0.39, 0.29) is 0 Å². The van der Waals surface area contributed by atoms with Crippen LogP contribution in [0.1, 0.15) is 38.8 Å². The maximum Gasteiger partial charge on any atom is 0.0450 e. The first-order valence-electron chi connectivity index (χ1n) is 7.70. The first-order valence-corrected chi connectivity index (χ1v) is 7.70. The molecule has 0 saturated carbocycles. The summed E-state index contributed by atoms with van der Waals surface area (Å²) in [5.74, 6) is 0. The van der Waals surface area contributed by atoms with E-state index in [2.05, 4.69) is 99.3 Å². The third-order valence-electron chi connectivity index (χ3n) is 3.56. The zero-order chi connectivity index (χ0) is 15.2. The molecule has 1 heteroatoms. The Morgan fingerprint density at radius 3 is 1.71 bits per heavy atom. The molecule has 0 atom stereocenters. The van der Waals surface area contributed by atoms with Gasteiger partial charge in [0.05, 0.1) is 0 Å². The van der Waals surface area contributed by atoms with Crippen LogP contribution in [0.4, 0.5) is 0 Å². The Morgan fingerprint density at radius 2 is 1.24 bits per heavy atom.